The van der Waals surface area contributed by atoms with Crippen LogP contribution in [0.25, 0.3) is 0 Å². The molecule has 0 rings (SSSR count). The van der Waals surface area contributed by atoms with Crippen LogP contribution in [0.3, 0.4) is 0 Å². The van der Waals surface area contributed by atoms with Gasteiger partial charge in [-0.15, -0.1) is 0 Å². The summed E-state index contributed by atoms with van der Waals surface area (Å²) >= 11 is 0. The van der Waals surface area contributed by atoms with Crippen molar-refractivity contribution in [2.45, 2.75) is 27.2 Å². The van der Waals surface area contributed by atoms with Crippen molar-refractivity contribution in [3.8, 4) is 0 Å². The highest BCUT2D eigenvalue weighted by Crippen LogP contribution is 1.80. The molecule has 0 aliphatic carbocycles. The first-order valence-corrected chi connectivity index (χ1v) is 3.05. The number of hydrogen-bond acceptors (Lipinski definition) is 1. The van der Waals surface area contributed by atoms with E-state index in [9.17, 15) is 4.79 Å². The molecule has 1 radical (unpaired) electrons. The fraction of sp³-hybridized carbons (Fsp3) is 0.714. The highest BCUT2D eigenvalue weighted by Gasteiger charge is 1.80. The molecule has 2 heteroatoms. The quantitative estimate of drug-likeness (QED) is 0.590. The maximum Gasteiger partial charge on any atom is 0.303 e. The lowest BCUT2D eigenvalue weighted by Crippen LogP contribution is -1.86. The average molecular weight is 131 g/mol. The van der Waals surface area contributed by atoms with Gasteiger partial charge in [0.05, 0.1) is 0 Å². The van der Waals surface area contributed by atoms with Crippen LogP contribution in [-0.4, -0.2) is 11.1 Å². The van der Waals surface area contributed by atoms with E-state index in [1.807, 2.05) is 0 Å². The maximum atomic E-state index is 9.37. The molecular formula is C7H15O2. The summed E-state index contributed by atoms with van der Waals surface area (Å²) in [5.74, 6) is -0.162. The lowest BCUT2D eigenvalue weighted by Gasteiger charge is -1.78. The smallest absolute Gasteiger partial charge is 0.303 e. The summed E-state index contributed by atoms with van der Waals surface area (Å²) in [6.45, 7) is 9.35. The van der Waals surface area contributed by atoms with Crippen LogP contribution < -0.4 is 0 Å². The van der Waals surface area contributed by atoms with Crippen LogP contribution in [0.2, 0.25) is 0 Å². The van der Waals surface area contributed by atoms with Crippen LogP contribution >= 0.6 is 0 Å². The summed E-state index contributed by atoms with van der Waals surface area (Å²) in [6.07, 6.45) is 0.222. The number of aliphatic carboxylic acids is 1. The van der Waals surface area contributed by atoms with Crippen LogP contribution in [0.1, 0.15) is 27.2 Å². The molecule has 0 aromatic carbocycles. The Morgan fingerprint density at radius 1 is 1.67 bits per heavy atom. The molecule has 0 atom stereocenters. The second-order valence-electron chi connectivity index (χ2n) is 2.14. The standard InChI is InChI=1S/C4H9.C3H6O2/c1-4(2)3;1-2-3(4)5/h4H,1H2,2-3H3;2H2,1H3,(H,4,5). The van der Waals surface area contributed by atoms with Crippen molar-refractivity contribution in [2.75, 3.05) is 0 Å². The maximum absolute atomic E-state index is 9.37. The summed E-state index contributed by atoms with van der Waals surface area (Å²) in [6, 6.07) is 0. The minimum Gasteiger partial charge on any atom is -0.481 e. The van der Waals surface area contributed by atoms with Gasteiger partial charge in [0.1, 0.15) is 0 Å². The molecule has 0 amide bonds. The van der Waals surface area contributed by atoms with E-state index in [0.717, 1.165) is 0 Å². The Hall–Kier alpha value is -0.530. The van der Waals surface area contributed by atoms with Gasteiger partial charge in [-0.1, -0.05) is 27.7 Å². The van der Waals surface area contributed by atoms with Crippen molar-refractivity contribution in [1.82, 2.24) is 0 Å². The molecule has 9 heavy (non-hydrogen) atoms. The van der Waals surface area contributed by atoms with Gasteiger partial charge >= 0.3 is 5.97 Å². The predicted octanol–water partition coefficient (Wildman–Crippen LogP) is 1.96. The van der Waals surface area contributed by atoms with Crippen molar-refractivity contribution in [3.63, 3.8) is 0 Å². The molecule has 0 aromatic rings. The fourth-order valence-electron chi connectivity index (χ4n) is 0. The Morgan fingerprint density at radius 2 is 1.78 bits per heavy atom. The number of rotatable bonds is 1. The lowest BCUT2D eigenvalue weighted by molar-refractivity contribution is -0.136. The van der Waals surface area contributed by atoms with Gasteiger partial charge in [0, 0.05) is 6.42 Å². The van der Waals surface area contributed by atoms with Crippen LogP contribution in [0.15, 0.2) is 0 Å². The van der Waals surface area contributed by atoms with E-state index in [0.29, 0.717) is 5.92 Å². The van der Waals surface area contributed by atoms with Crippen molar-refractivity contribution in [3.05, 3.63) is 6.92 Å². The SMILES string of the molecule is CCC(=O)O.[CH2]C(C)C. The molecule has 0 aliphatic heterocycles. The first kappa shape index (κ1) is 11.3. The van der Waals surface area contributed by atoms with Crippen LogP contribution in [-0.2, 0) is 4.79 Å². The van der Waals surface area contributed by atoms with Gasteiger partial charge in [-0.2, -0.15) is 0 Å². The second kappa shape index (κ2) is 7.47. The van der Waals surface area contributed by atoms with Crippen molar-refractivity contribution >= 4 is 5.97 Å². The third-order valence-electron chi connectivity index (χ3n) is 0.302. The predicted molar refractivity (Wildman–Crippen MR) is 38.1 cm³/mol. The van der Waals surface area contributed by atoms with Gasteiger partial charge in [0.15, 0.2) is 0 Å². The van der Waals surface area contributed by atoms with E-state index in [1.54, 1.807) is 6.92 Å². The minimum absolute atomic E-state index is 0.222. The largest absolute Gasteiger partial charge is 0.481 e. The van der Waals surface area contributed by atoms with Gasteiger partial charge in [-0.25, -0.2) is 0 Å². The van der Waals surface area contributed by atoms with Crippen molar-refractivity contribution < 1.29 is 9.90 Å². The van der Waals surface area contributed by atoms with E-state index in [2.05, 4.69) is 20.8 Å². The van der Waals surface area contributed by atoms with Gasteiger partial charge in [-0.3, -0.25) is 4.79 Å². The Kier molecular flexibility index (Phi) is 9.37. The normalized spacial score (nSPS) is 8.11. The lowest BCUT2D eigenvalue weighted by atomic mass is 10.3. The summed E-state index contributed by atoms with van der Waals surface area (Å²) in [7, 11) is 0. The summed E-state index contributed by atoms with van der Waals surface area (Å²) in [5, 5.41) is 7.72. The molecule has 0 bridgehead atoms. The van der Waals surface area contributed by atoms with E-state index in [1.165, 1.54) is 0 Å². The third kappa shape index (κ3) is 103. The number of carboxylic acid groups (broad SMARTS) is 1. The van der Waals surface area contributed by atoms with E-state index < -0.39 is 5.97 Å². The highest BCUT2D eigenvalue weighted by molar-refractivity contribution is 5.66. The number of carbonyl (C=O) groups is 1. The Balaban J connectivity index is 0. The zero-order chi connectivity index (χ0) is 7.86. The molecule has 0 spiro atoms. The molecular weight excluding hydrogens is 116 g/mol. The van der Waals surface area contributed by atoms with E-state index in [4.69, 9.17) is 5.11 Å². The van der Waals surface area contributed by atoms with E-state index in [-0.39, 0.29) is 6.42 Å². The average Bonchev–Trinajstić information content (AvgIpc) is 1.65. The van der Waals surface area contributed by atoms with Crippen molar-refractivity contribution in [1.29, 1.82) is 0 Å². The summed E-state index contributed by atoms with van der Waals surface area (Å²) in [4.78, 5) is 9.37. The number of carboxylic acids is 1. The van der Waals surface area contributed by atoms with Gasteiger partial charge < -0.3 is 5.11 Å². The van der Waals surface area contributed by atoms with Gasteiger partial charge in [0.2, 0.25) is 0 Å². The molecule has 0 aromatic heterocycles. The molecule has 0 saturated heterocycles. The zero-order valence-electron chi connectivity index (χ0n) is 6.35. The van der Waals surface area contributed by atoms with Crippen LogP contribution in [0.5, 0.6) is 0 Å². The van der Waals surface area contributed by atoms with Crippen molar-refractivity contribution in [2.24, 2.45) is 5.92 Å². The molecule has 0 unspecified atom stereocenters. The minimum atomic E-state index is -0.745. The number of hydrogen-bond donors (Lipinski definition) is 1. The molecule has 55 valence electrons. The Bertz CT molecular complexity index is 64.6. The van der Waals surface area contributed by atoms with Gasteiger partial charge in [0.25, 0.3) is 0 Å². The Morgan fingerprint density at radius 3 is 1.78 bits per heavy atom. The molecule has 1 N–H and O–H groups in total. The van der Waals surface area contributed by atoms with E-state index >= 15 is 0 Å². The fourth-order valence-corrected chi connectivity index (χ4v) is 0. The van der Waals surface area contributed by atoms with Crippen LogP contribution in [0.4, 0.5) is 0 Å². The van der Waals surface area contributed by atoms with Crippen LogP contribution in [0, 0.1) is 12.8 Å². The molecule has 0 saturated carbocycles. The summed E-state index contributed by atoms with van der Waals surface area (Å²) in [5.41, 5.74) is 0. The summed E-state index contributed by atoms with van der Waals surface area (Å²) < 4.78 is 0. The molecule has 0 heterocycles. The third-order valence-corrected chi connectivity index (χ3v) is 0.302. The Labute approximate surface area is 56.9 Å². The topological polar surface area (TPSA) is 37.3 Å². The highest BCUT2D eigenvalue weighted by atomic mass is 16.4. The first-order chi connectivity index (χ1) is 4.00. The molecule has 0 fully saturated rings. The first-order valence-electron chi connectivity index (χ1n) is 3.05. The molecule has 2 nitrogen and oxygen atoms in total. The van der Waals surface area contributed by atoms with Gasteiger partial charge in [-0.05, 0) is 5.92 Å². The monoisotopic (exact) mass is 131 g/mol. The molecule has 0 aliphatic rings. The second-order valence-corrected chi connectivity index (χ2v) is 2.14. The zero-order valence-corrected chi connectivity index (χ0v) is 6.35.